The molecule has 46 heavy (non-hydrogen) atoms. The lowest BCUT2D eigenvalue weighted by Gasteiger charge is -2.34. The number of unbranched alkanes of at least 4 members (excludes halogenated alkanes) is 5. The second-order valence-corrected chi connectivity index (χ2v) is 15.3. The molecule has 1 rings (SSSR count). The van der Waals surface area contributed by atoms with E-state index in [1.165, 1.54) is 21.1 Å². The number of carbonyl (C=O) groups is 3. The zero-order valence-corrected chi connectivity index (χ0v) is 31.6. The third kappa shape index (κ3) is 17.6. The molecule has 13 heteroatoms. The van der Waals surface area contributed by atoms with Gasteiger partial charge in [-0.2, -0.15) is 0 Å². The maximum atomic E-state index is 13.7. The second kappa shape index (κ2) is 19.0. The summed E-state index contributed by atoms with van der Waals surface area (Å²) in [5.41, 5.74) is -1.63. The standard InChI is InChI=1S/C33H52BrN5O6S/c1-24(35)25-23-46-26(36-25)19-15-14-18-22-39(30(42)45-33(8,9)10)27(37-28(40)43-31(2,3)4)38(29(41)44-32(5,6)7)21-17-13-11-12-16-20-34/h23,35H,11-14,16-18,20-22H2,1-10H3. The summed E-state index contributed by atoms with van der Waals surface area (Å²) in [5, 5.41) is 11.0. The lowest BCUT2D eigenvalue weighted by molar-refractivity contribution is 0.0273. The Morgan fingerprint density at radius 1 is 0.848 bits per heavy atom. The molecule has 0 aliphatic heterocycles. The predicted molar refractivity (Wildman–Crippen MR) is 187 cm³/mol. The number of hydrogen-bond donors (Lipinski definition) is 1. The Morgan fingerprint density at radius 2 is 1.35 bits per heavy atom. The number of alkyl halides is 1. The van der Waals surface area contributed by atoms with E-state index in [2.05, 4.69) is 37.7 Å². The first-order valence-electron chi connectivity index (χ1n) is 15.6. The van der Waals surface area contributed by atoms with Gasteiger partial charge in [-0.1, -0.05) is 41.1 Å². The first kappa shape index (κ1) is 41.0. The van der Waals surface area contributed by atoms with Gasteiger partial charge in [-0.3, -0.25) is 0 Å². The molecule has 11 nitrogen and oxygen atoms in total. The van der Waals surface area contributed by atoms with Crippen LogP contribution in [-0.2, 0) is 14.2 Å². The lowest BCUT2D eigenvalue weighted by Crippen LogP contribution is -2.53. The summed E-state index contributed by atoms with van der Waals surface area (Å²) >= 11 is 4.81. The normalized spacial score (nSPS) is 12.1. The molecule has 1 aromatic rings. The number of guanidine groups is 1. The monoisotopic (exact) mass is 725 g/mol. The van der Waals surface area contributed by atoms with Crippen molar-refractivity contribution in [2.75, 3.05) is 18.4 Å². The number of carbonyl (C=O) groups excluding carboxylic acids is 3. The Kier molecular flexibility index (Phi) is 16.9. The third-order valence-electron chi connectivity index (χ3n) is 5.58. The topological polar surface area (TPSA) is 134 Å². The van der Waals surface area contributed by atoms with E-state index in [4.69, 9.17) is 19.6 Å². The molecule has 3 amide bonds. The number of halogens is 1. The van der Waals surface area contributed by atoms with Gasteiger partial charge in [0.25, 0.3) is 0 Å². The number of aliphatic imine (C=N–C) groups is 1. The number of hydrogen-bond acceptors (Lipinski definition) is 9. The first-order chi connectivity index (χ1) is 21.2. The van der Waals surface area contributed by atoms with Gasteiger partial charge in [0, 0.05) is 30.2 Å². The molecule has 0 aromatic carbocycles. The molecule has 0 bridgehead atoms. The highest BCUT2D eigenvalue weighted by Crippen LogP contribution is 2.19. The minimum absolute atomic E-state index is 0.0402. The quantitative estimate of drug-likeness (QED) is 0.0602. The van der Waals surface area contributed by atoms with Crippen LogP contribution in [0, 0.1) is 17.3 Å². The van der Waals surface area contributed by atoms with Crippen LogP contribution in [-0.4, -0.2) is 80.0 Å². The van der Waals surface area contributed by atoms with Gasteiger partial charge >= 0.3 is 18.3 Å². The summed E-state index contributed by atoms with van der Waals surface area (Å²) in [6.45, 7) is 17.4. The van der Waals surface area contributed by atoms with Gasteiger partial charge in [0.2, 0.25) is 5.96 Å². The number of rotatable bonds is 11. The van der Waals surface area contributed by atoms with Crippen molar-refractivity contribution in [3.8, 4) is 11.8 Å². The van der Waals surface area contributed by atoms with Crippen molar-refractivity contribution in [2.24, 2.45) is 4.99 Å². The van der Waals surface area contributed by atoms with Crippen LogP contribution in [0.25, 0.3) is 0 Å². The molecule has 258 valence electrons. The molecule has 0 spiro atoms. The number of aromatic nitrogens is 1. The molecule has 0 atom stereocenters. The van der Waals surface area contributed by atoms with Crippen LogP contribution in [0.5, 0.6) is 0 Å². The van der Waals surface area contributed by atoms with Crippen molar-refractivity contribution in [1.82, 2.24) is 14.8 Å². The number of ether oxygens (including phenoxy) is 3. The SMILES string of the molecule is CC(=N)c1csc(C#CCCCN(C(=O)OC(C)(C)C)C(=NC(=O)OC(C)(C)C)N(CCCCCCCBr)C(=O)OC(C)(C)C)n1. The van der Waals surface area contributed by atoms with E-state index < -0.39 is 35.1 Å². The average Bonchev–Trinajstić information content (AvgIpc) is 3.36. The summed E-state index contributed by atoms with van der Waals surface area (Å²) in [7, 11) is 0. The van der Waals surface area contributed by atoms with Crippen LogP contribution in [0.1, 0.15) is 125 Å². The van der Waals surface area contributed by atoms with Gasteiger partial charge in [-0.25, -0.2) is 29.2 Å². The first-order valence-corrected chi connectivity index (χ1v) is 17.6. The number of nitrogens with one attached hydrogen (secondary N) is 1. The van der Waals surface area contributed by atoms with Crippen LogP contribution < -0.4 is 0 Å². The largest absolute Gasteiger partial charge is 0.443 e. The highest BCUT2D eigenvalue weighted by atomic mass is 79.9. The van der Waals surface area contributed by atoms with Gasteiger partial charge < -0.3 is 19.6 Å². The van der Waals surface area contributed by atoms with Crippen molar-refractivity contribution in [1.29, 1.82) is 5.41 Å². The summed E-state index contributed by atoms with van der Waals surface area (Å²) in [5.74, 6) is 5.83. The third-order valence-corrected chi connectivity index (χ3v) is 6.90. The van der Waals surface area contributed by atoms with E-state index in [1.807, 2.05) is 0 Å². The molecule has 0 aliphatic carbocycles. The zero-order chi connectivity index (χ0) is 35.1. The Bertz CT molecular complexity index is 1260. The second-order valence-electron chi connectivity index (χ2n) is 13.7. The molecule has 0 fully saturated rings. The number of thiazole rings is 1. The van der Waals surface area contributed by atoms with Crippen molar-refractivity contribution < 1.29 is 28.6 Å². The van der Waals surface area contributed by atoms with Crippen LogP contribution in [0.15, 0.2) is 10.4 Å². The summed E-state index contributed by atoms with van der Waals surface area (Å²) < 4.78 is 16.9. The fourth-order valence-electron chi connectivity index (χ4n) is 3.67. The smallest absolute Gasteiger partial charge is 0.437 e. The number of amides is 3. The van der Waals surface area contributed by atoms with Gasteiger partial charge in [-0.05, 0) is 94.4 Å². The Labute approximate surface area is 287 Å². The molecular weight excluding hydrogens is 674 g/mol. The van der Waals surface area contributed by atoms with Gasteiger partial charge in [-0.15, -0.1) is 16.3 Å². The molecular formula is C33H52BrN5O6S. The van der Waals surface area contributed by atoms with Crippen molar-refractivity contribution in [3.63, 3.8) is 0 Å². The van der Waals surface area contributed by atoms with Crippen LogP contribution in [0.3, 0.4) is 0 Å². The molecule has 1 heterocycles. The van der Waals surface area contributed by atoms with Gasteiger partial charge in [0.15, 0.2) is 5.01 Å². The molecule has 0 unspecified atom stereocenters. The fourth-order valence-corrected chi connectivity index (χ4v) is 4.81. The fraction of sp³-hybridized carbons (Fsp3) is 0.697. The summed E-state index contributed by atoms with van der Waals surface area (Å²) in [6, 6.07) is 0. The highest BCUT2D eigenvalue weighted by molar-refractivity contribution is 9.09. The minimum Gasteiger partial charge on any atom is -0.443 e. The zero-order valence-electron chi connectivity index (χ0n) is 29.2. The van der Waals surface area contributed by atoms with E-state index in [0.29, 0.717) is 35.7 Å². The van der Waals surface area contributed by atoms with E-state index in [1.54, 1.807) is 74.6 Å². The van der Waals surface area contributed by atoms with E-state index in [0.717, 1.165) is 31.0 Å². The Morgan fingerprint density at radius 3 is 1.83 bits per heavy atom. The average molecular weight is 727 g/mol. The lowest BCUT2D eigenvalue weighted by atomic mass is 10.1. The maximum absolute atomic E-state index is 13.7. The molecule has 1 aromatic heterocycles. The highest BCUT2D eigenvalue weighted by Gasteiger charge is 2.35. The van der Waals surface area contributed by atoms with E-state index >= 15 is 0 Å². The maximum Gasteiger partial charge on any atom is 0.437 e. The van der Waals surface area contributed by atoms with E-state index in [-0.39, 0.29) is 19.0 Å². The molecule has 0 saturated carbocycles. The molecule has 0 aliphatic rings. The Hall–Kier alpha value is -2.98. The van der Waals surface area contributed by atoms with Crippen LogP contribution in [0.4, 0.5) is 14.4 Å². The molecule has 1 N–H and O–H groups in total. The summed E-state index contributed by atoms with van der Waals surface area (Å²) in [4.78, 5) is 51.4. The Balaban J connectivity index is 3.52. The number of nitrogens with zero attached hydrogens (tertiary/aromatic N) is 4. The minimum atomic E-state index is -0.956. The molecule has 0 radical (unpaired) electrons. The predicted octanol–water partition coefficient (Wildman–Crippen LogP) is 8.77. The van der Waals surface area contributed by atoms with Crippen molar-refractivity contribution in [3.05, 3.63) is 16.1 Å². The molecule has 0 saturated heterocycles. The van der Waals surface area contributed by atoms with Gasteiger partial charge in [0.1, 0.15) is 16.8 Å². The van der Waals surface area contributed by atoms with Crippen molar-refractivity contribution >= 4 is 57.2 Å². The van der Waals surface area contributed by atoms with E-state index in [9.17, 15) is 14.4 Å². The van der Waals surface area contributed by atoms with Crippen LogP contribution >= 0.6 is 27.3 Å². The van der Waals surface area contributed by atoms with Crippen LogP contribution in [0.2, 0.25) is 0 Å². The van der Waals surface area contributed by atoms with Gasteiger partial charge in [0.05, 0.1) is 11.4 Å². The van der Waals surface area contributed by atoms with Crippen molar-refractivity contribution in [2.45, 2.75) is 131 Å². The summed E-state index contributed by atoms with van der Waals surface area (Å²) in [6.07, 6.45) is 2.71.